The Morgan fingerprint density at radius 3 is 2.08 bits per heavy atom. The van der Waals surface area contributed by atoms with Crippen LogP contribution in [-0.4, -0.2) is 36.1 Å². The molecule has 0 radical (unpaired) electrons. The van der Waals surface area contributed by atoms with Gasteiger partial charge in [0.2, 0.25) is 0 Å². The first-order valence-corrected chi connectivity index (χ1v) is 16.7. The summed E-state index contributed by atoms with van der Waals surface area (Å²) in [5.41, 5.74) is 3.62. The van der Waals surface area contributed by atoms with Crippen molar-refractivity contribution in [2.75, 3.05) is 7.11 Å². The quantitative estimate of drug-likeness (QED) is 0.0627. The molecule has 1 atom stereocenters. The highest BCUT2D eigenvalue weighted by Crippen LogP contribution is 2.38. The predicted octanol–water partition coefficient (Wildman–Crippen LogP) is 9.85. The largest absolute Gasteiger partial charge is 0.496 e. The summed E-state index contributed by atoms with van der Waals surface area (Å²) in [7, 11) is 1.43. The summed E-state index contributed by atoms with van der Waals surface area (Å²) in [6.45, 7) is 19.3. The lowest BCUT2D eigenvalue weighted by atomic mass is 9.76. The number of hydrogen-bond donors (Lipinski definition) is 1. The molecule has 2 aromatic rings. The maximum absolute atomic E-state index is 14.1. The van der Waals surface area contributed by atoms with Gasteiger partial charge in [0.05, 0.1) is 18.6 Å². The minimum Gasteiger partial charge on any atom is -0.496 e. The Labute approximate surface area is 285 Å². The van der Waals surface area contributed by atoms with Gasteiger partial charge in [0.25, 0.3) is 0 Å². The number of aldehydes is 1. The van der Waals surface area contributed by atoms with E-state index in [2.05, 4.69) is 20.8 Å². The number of esters is 1. The molecule has 0 aromatic heterocycles. The average Bonchev–Trinajstić information content (AvgIpc) is 2.92. The Morgan fingerprint density at radius 1 is 0.917 bits per heavy atom. The van der Waals surface area contributed by atoms with Gasteiger partial charge >= 0.3 is 12.1 Å². The minimum atomic E-state index is -4.64. The molecule has 9 heteroatoms. The second-order valence-corrected chi connectivity index (χ2v) is 15.8. The number of methoxy groups -OCH3 is 1. The zero-order chi connectivity index (χ0) is 36.7. The summed E-state index contributed by atoms with van der Waals surface area (Å²) in [4.78, 5) is 25.5. The van der Waals surface area contributed by atoms with E-state index in [1.54, 1.807) is 24.3 Å². The van der Waals surface area contributed by atoms with Crippen molar-refractivity contribution in [1.82, 2.24) is 0 Å². The van der Waals surface area contributed by atoms with Gasteiger partial charge in [-0.25, -0.2) is 0 Å². The average molecular weight is 676 g/mol. The Balaban J connectivity index is 2.34. The fraction of sp³-hybridized carbons (Fsp3) is 0.590. The van der Waals surface area contributed by atoms with E-state index in [0.717, 1.165) is 25.3 Å². The van der Waals surface area contributed by atoms with Crippen LogP contribution in [0.5, 0.6) is 11.5 Å². The van der Waals surface area contributed by atoms with E-state index in [0.29, 0.717) is 48.2 Å². The Hall–Kier alpha value is -3.33. The number of nitrogens with two attached hydrogens (primary N) is 1. The lowest BCUT2D eigenvalue weighted by molar-refractivity contribution is -0.169. The van der Waals surface area contributed by atoms with E-state index >= 15 is 0 Å². The van der Waals surface area contributed by atoms with Crippen molar-refractivity contribution in [3.8, 4) is 11.5 Å². The second kappa shape index (κ2) is 15.9. The molecular weight excluding hydrogens is 619 g/mol. The molecule has 2 N–H and O–H groups in total. The number of carbonyl (C=O) groups is 2. The van der Waals surface area contributed by atoms with Crippen molar-refractivity contribution in [2.45, 2.75) is 131 Å². The van der Waals surface area contributed by atoms with Crippen molar-refractivity contribution in [3.63, 3.8) is 0 Å². The third-order valence-corrected chi connectivity index (χ3v) is 8.03. The lowest BCUT2D eigenvalue weighted by Gasteiger charge is -2.39. The number of alkyl halides is 3. The predicted molar refractivity (Wildman–Crippen MR) is 187 cm³/mol. The normalized spacial score (nSPS) is 14.0. The number of halogens is 3. The maximum atomic E-state index is 14.1. The van der Waals surface area contributed by atoms with Crippen LogP contribution in [0, 0.1) is 11.3 Å². The zero-order valence-electron chi connectivity index (χ0n) is 30.7. The Bertz CT molecular complexity index is 1430. The molecule has 0 bridgehead atoms. The van der Waals surface area contributed by atoms with Crippen LogP contribution < -0.4 is 15.2 Å². The standard InChI is InChI=1S/C39H56F3NO5/c1-12-13-14-15-26-16-19-30(31(20-26)39(40,41)42)28(24-44)21-27-17-18-29(22-33(27)46-11)47-36(5,6)25-37(7,8)48-34(45)32(38(9,10)43)23-35(2,3)4/h16-22,24,32H,12-15,23,25,43H2,1-11H3/b28-21+. The maximum Gasteiger partial charge on any atom is 0.417 e. The molecule has 2 rings (SSSR count). The van der Waals surface area contributed by atoms with Crippen LogP contribution in [0.25, 0.3) is 11.6 Å². The van der Waals surface area contributed by atoms with E-state index in [4.69, 9.17) is 19.9 Å². The van der Waals surface area contributed by atoms with E-state index in [1.165, 1.54) is 19.3 Å². The number of carbonyl (C=O) groups excluding carboxylic acids is 2. The van der Waals surface area contributed by atoms with Gasteiger partial charge < -0.3 is 19.9 Å². The molecule has 2 aromatic carbocycles. The first kappa shape index (κ1) is 40.8. The van der Waals surface area contributed by atoms with Gasteiger partial charge in [0.1, 0.15) is 22.7 Å². The molecule has 0 heterocycles. The molecule has 1 unspecified atom stereocenters. The molecule has 48 heavy (non-hydrogen) atoms. The summed E-state index contributed by atoms with van der Waals surface area (Å²) in [6, 6.07) is 9.06. The highest BCUT2D eigenvalue weighted by molar-refractivity contribution is 6.14. The molecule has 0 amide bonds. The number of hydrogen-bond acceptors (Lipinski definition) is 6. The van der Waals surface area contributed by atoms with Gasteiger partial charge in [-0.05, 0) is 102 Å². The number of aryl methyl sites for hydroxylation is 1. The van der Waals surface area contributed by atoms with Gasteiger partial charge in [0.15, 0.2) is 6.29 Å². The van der Waals surface area contributed by atoms with Gasteiger partial charge in [0, 0.05) is 29.2 Å². The molecule has 0 fully saturated rings. The third-order valence-electron chi connectivity index (χ3n) is 8.03. The summed E-state index contributed by atoms with van der Waals surface area (Å²) < 4.78 is 60.3. The number of benzene rings is 2. The smallest absolute Gasteiger partial charge is 0.417 e. The van der Waals surface area contributed by atoms with Crippen LogP contribution in [0.15, 0.2) is 36.4 Å². The topological polar surface area (TPSA) is 87.9 Å². The van der Waals surface area contributed by atoms with Crippen LogP contribution in [0.1, 0.15) is 124 Å². The van der Waals surface area contributed by atoms with Gasteiger partial charge in [-0.2, -0.15) is 13.2 Å². The fourth-order valence-electron chi connectivity index (χ4n) is 6.05. The van der Waals surface area contributed by atoms with Gasteiger partial charge in [-0.3, -0.25) is 9.59 Å². The zero-order valence-corrected chi connectivity index (χ0v) is 30.7. The van der Waals surface area contributed by atoms with Crippen LogP contribution in [-0.2, 0) is 26.9 Å². The van der Waals surface area contributed by atoms with Crippen molar-refractivity contribution < 1.29 is 37.0 Å². The summed E-state index contributed by atoms with van der Waals surface area (Å²) in [5, 5.41) is 0. The SMILES string of the molecule is CCCCCc1ccc(/C(C=O)=C/c2ccc(OC(C)(C)CC(C)(C)OC(=O)C(CC(C)(C)C)C(C)(C)N)cc2OC)c(C(F)(F)F)c1. The highest BCUT2D eigenvalue weighted by atomic mass is 19.4. The van der Waals surface area contributed by atoms with Crippen LogP contribution in [0.4, 0.5) is 13.2 Å². The Kier molecular flexibility index (Phi) is 13.5. The molecule has 0 saturated carbocycles. The number of rotatable bonds is 16. The Morgan fingerprint density at radius 2 is 1.56 bits per heavy atom. The molecule has 0 aliphatic carbocycles. The van der Waals surface area contributed by atoms with E-state index in [-0.39, 0.29) is 22.5 Å². The summed E-state index contributed by atoms with van der Waals surface area (Å²) >= 11 is 0. The third kappa shape index (κ3) is 12.6. The van der Waals surface area contributed by atoms with Crippen LogP contribution in [0.3, 0.4) is 0 Å². The lowest BCUT2D eigenvalue weighted by Crippen LogP contribution is -2.49. The highest BCUT2D eigenvalue weighted by Gasteiger charge is 2.41. The van der Waals surface area contributed by atoms with E-state index in [9.17, 15) is 22.8 Å². The molecule has 0 saturated heterocycles. The van der Waals surface area contributed by atoms with Crippen LogP contribution in [0.2, 0.25) is 0 Å². The molecule has 0 spiro atoms. The number of allylic oxidation sites excluding steroid dienone is 1. The van der Waals surface area contributed by atoms with E-state index < -0.39 is 34.4 Å². The van der Waals surface area contributed by atoms with Crippen molar-refractivity contribution in [2.24, 2.45) is 17.1 Å². The molecule has 0 aliphatic heterocycles. The first-order chi connectivity index (χ1) is 21.9. The number of unbranched alkanes of at least 4 members (excludes halogenated alkanes) is 2. The van der Waals surface area contributed by atoms with Crippen molar-refractivity contribution >= 4 is 23.9 Å². The molecule has 268 valence electrons. The van der Waals surface area contributed by atoms with Crippen LogP contribution >= 0.6 is 0 Å². The van der Waals surface area contributed by atoms with Gasteiger partial charge in [-0.15, -0.1) is 0 Å². The fourth-order valence-corrected chi connectivity index (χ4v) is 6.05. The second-order valence-electron chi connectivity index (χ2n) is 15.8. The monoisotopic (exact) mass is 675 g/mol. The summed E-state index contributed by atoms with van der Waals surface area (Å²) in [6.07, 6.45) is 1.30. The minimum absolute atomic E-state index is 0.122. The molecule has 6 nitrogen and oxygen atoms in total. The van der Waals surface area contributed by atoms with Crippen molar-refractivity contribution in [1.29, 1.82) is 0 Å². The number of ether oxygens (including phenoxy) is 3. The summed E-state index contributed by atoms with van der Waals surface area (Å²) in [5.74, 6) is -0.113. The molecule has 0 aliphatic rings. The van der Waals surface area contributed by atoms with Gasteiger partial charge in [-0.1, -0.05) is 52.7 Å². The molecular formula is C39H56F3NO5. The van der Waals surface area contributed by atoms with E-state index in [1.807, 2.05) is 48.5 Å². The first-order valence-electron chi connectivity index (χ1n) is 16.7. The van der Waals surface area contributed by atoms with Crippen molar-refractivity contribution in [3.05, 3.63) is 58.7 Å².